The maximum absolute atomic E-state index is 14.1. The predicted molar refractivity (Wildman–Crippen MR) is 111 cm³/mol. The number of hydrogen-bond donors (Lipinski definition) is 1. The number of carbonyl (C=O) groups excluding carboxylic acids is 3. The molecule has 4 aliphatic carbocycles. The number of aliphatic hydroxyl groups is 1. The summed E-state index contributed by atoms with van der Waals surface area (Å²) >= 11 is 0. The van der Waals surface area contributed by atoms with Gasteiger partial charge < -0.3 is 9.84 Å². The van der Waals surface area contributed by atoms with Gasteiger partial charge in [0.05, 0.1) is 18.1 Å². The van der Waals surface area contributed by atoms with E-state index in [0.29, 0.717) is 43.4 Å². The maximum atomic E-state index is 14.1. The molecule has 0 aromatic heterocycles. The molecule has 164 valence electrons. The van der Waals surface area contributed by atoms with Crippen LogP contribution in [0.5, 0.6) is 0 Å². The van der Waals surface area contributed by atoms with Gasteiger partial charge in [0.15, 0.2) is 5.78 Å². The lowest BCUT2D eigenvalue weighted by molar-refractivity contribution is -0.184. The van der Waals surface area contributed by atoms with Crippen LogP contribution in [0.15, 0.2) is 11.1 Å². The van der Waals surface area contributed by atoms with Crippen LogP contribution in [-0.4, -0.2) is 41.3 Å². The molecule has 1 aliphatic heterocycles. The van der Waals surface area contributed by atoms with Crippen LogP contribution < -0.4 is 0 Å². The van der Waals surface area contributed by atoms with Crippen LogP contribution in [0.4, 0.5) is 0 Å². The second-order valence-corrected chi connectivity index (χ2v) is 11.9. The van der Waals surface area contributed by atoms with Crippen LogP contribution in [0.3, 0.4) is 0 Å². The first-order valence-corrected chi connectivity index (χ1v) is 11.5. The summed E-state index contributed by atoms with van der Waals surface area (Å²) in [6.07, 6.45) is 0.339. The van der Waals surface area contributed by atoms with Crippen LogP contribution in [-0.2, 0) is 19.1 Å². The highest BCUT2D eigenvalue weighted by atomic mass is 16.5. The maximum Gasteiger partial charge on any atom is 0.188 e. The molecule has 5 heteroatoms. The van der Waals surface area contributed by atoms with Crippen molar-refractivity contribution in [3.63, 3.8) is 0 Å². The van der Waals surface area contributed by atoms with E-state index in [1.165, 1.54) is 0 Å². The van der Waals surface area contributed by atoms with Crippen LogP contribution in [0, 0.1) is 39.4 Å². The number of ether oxygens (including phenoxy) is 1. The molecule has 3 fully saturated rings. The summed E-state index contributed by atoms with van der Waals surface area (Å²) in [6.45, 7) is 12.6. The van der Waals surface area contributed by atoms with Gasteiger partial charge >= 0.3 is 0 Å². The van der Waals surface area contributed by atoms with E-state index in [2.05, 4.69) is 13.8 Å². The molecule has 5 nitrogen and oxygen atoms in total. The number of aliphatic hydroxyl groups excluding tert-OH is 1. The molecule has 5 aliphatic rings. The van der Waals surface area contributed by atoms with E-state index >= 15 is 0 Å². The van der Waals surface area contributed by atoms with Crippen molar-refractivity contribution < 1.29 is 24.2 Å². The molecule has 2 saturated carbocycles. The highest BCUT2D eigenvalue weighted by molar-refractivity contribution is 6.08. The normalized spacial score (nSPS) is 52.1. The first-order valence-electron chi connectivity index (χ1n) is 11.5. The monoisotopic (exact) mass is 414 g/mol. The molecule has 5 rings (SSSR count). The van der Waals surface area contributed by atoms with Crippen LogP contribution >= 0.6 is 0 Å². The minimum atomic E-state index is -0.904. The van der Waals surface area contributed by atoms with Crippen molar-refractivity contribution in [2.75, 3.05) is 6.61 Å². The number of fused-ring (bicyclic) bond motifs is 3. The summed E-state index contributed by atoms with van der Waals surface area (Å²) in [4.78, 5) is 40.4. The van der Waals surface area contributed by atoms with Crippen molar-refractivity contribution in [3.05, 3.63) is 11.1 Å². The number of hydrogen-bond acceptors (Lipinski definition) is 5. The third-order valence-corrected chi connectivity index (χ3v) is 10.5. The molecule has 1 saturated heterocycles. The van der Waals surface area contributed by atoms with E-state index in [1.54, 1.807) is 0 Å². The summed E-state index contributed by atoms with van der Waals surface area (Å²) in [7, 11) is 0. The third-order valence-electron chi connectivity index (χ3n) is 10.5. The minimum absolute atomic E-state index is 0.0482. The van der Waals surface area contributed by atoms with Crippen molar-refractivity contribution in [2.45, 2.75) is 79.4 Å². The van der Waals surface area contributed by atoms with Gasteiger partial charge in [-0.2, -0.15) is 0 Å². The fourth-order valence-corrected chi connectivity index (χ4v) is 8.52. The fraction of sp³-hybridized carbons (Fsp3) is 0.800. The first-order chi connectivity index (χ1) is 13.8. The molecular formula is C25H34O5. The molecule has 30 heavy (non-hydrogen) atoms. The van der Waals surface area contributed by atoms with Gasteiger partial charge in [-0.25, -0.2) is 0 Å². The highest BCUT2D eigenvalue weighted by Crippen LogP contribution is 2.71. The number of rotatable bonds is 0. The van der Waals surface area contributed by atoms with Crippen molar-refractivity contribution in [2.24, 2.45) is 39.4 Å². The quantitative estimate of drug-likeness (QED) is 0.658. The van der Waals surface area contributed by atoms with Gasteiger partial charge in [0.2, 0.25) is 0 Å². The molecule has 0 aromatic carbocycles. The minimum Gasteiger partial charge on any atom is -0.389 e. The Morgan fingerprint density at radius 2 is 1.70 bits per heavy atom. The highest BCUT2D eigenvalue weighted by Gasteiger charge is 2.74. The Labute approximate surface area is 178 Å². The molecule has 1 N–H and O–H groups in total. The average molecular weight is 415 g/mol. The number of carbonyl (C=O) groups is 3. The van der Waals surface area contributed by atoms with Gasteiger partial charge in [-0.3, -0.25) is 14.4 Å². The SMILES string of the molecule is C[C@H]1CO[C@@H]2C(=O)C3=C([C@H](O)C[C@H]4C(C)(C)C(=O)CC[C@]34C)[C@]3(C)C(=O)C[C@H]1[C@@]23C. The number of Topliss-reactive ketones (excluding diaryl/α,β-unsaturated/α-hetero) is 3. The summed E-state index contributed by atoms with van der Waals surface area (Å²) in [5, 5.41) is 11.5. The summed E-state index contributed by atoms with van der Waals surface area (Å²) < 4.78 is 6.20. The Bertz CT molecular complexity index is 914. The molecule has 0 spiro atoms. The van der Waals surface area contributed by atoms with Gasteiger partial charge in [0.1, 0.15) is 17.7 Å². The summed E-state index contributed by atoms with van der Waals surface area (Å²) in [6, 6.07) is 0. The Morgan fingerprint density at radius 1 is 1.03 bits per heavy atom. The standard InChI is InChI=1S/C25H34O5/c1-12-11-30-21-20(29)19-18(25(6)17(28)9-13(12)24(21,25)5)14(26)10-15-22(2,3)16(27)7-8-23(15,19)4/h12-15,21,26H,7-11H2,1-6H3/t12-,13+,14+,15-,21+,23-,24-,25-/m0/s1. The smallest absolute Gasteiger partial charge is 0.188 e. The summed E-state index contributed by atoms with van der Waals surface area (Å²) in [5.41, 5.74) is -1.42. The van der Waals surface area contributed by atoms with E-state index in [-0.39, 0.29) is 35.1 Å². The second kappa shape index (κ2) is 5.72. The molecule has 0 amide bonds. The topological polar surface area (TPSA) is 80.7 Å². The zero-order valence-electron chi connectivity index (χ0n) is 19.0. The third kappa shape index (κ3) is 1.96. The van der Waals surface area contributed by atoms with Crippen molar-refractivity contribution in [1.29, 1.82) is 0 Å². The zero-order valence-corrected chi connectivity index (χ0v) is 19.0. The van der Waals surface area contributed by atoms with Gasteiger partial charge in [0.25, 0.3) is 0 Å². The molecule has 0 radical (unpaired) electrons. The van der Waals surface area contributed by atoms with Gasteiger partial charge in [-0.1, -0.05) is 34.6 Å². The first kappa shape index (κ1) is 20.6. The van der Waals surface area contributed by atoms with Crippen molar-refractivity contribution in [1.82, 2.24) is 0 Å². The Hall–Kier alpha value is -1.33. The van der Waals surface area contributed by atoms with Gasteiger partial charge in [-0.15, -0.1) is 0 Å². The average Bonchev–Trinajstić information content (AvgIpc) is 2.88. The van der Waals surface area contributed by atoms with Gasteiger partial charge in [-0.05, 0) is 43.1 Å². The summed E-state index contributed by atoms with van der Waals surface area (Å²) in [5.74, 6) is 0.417. The fourth-order valence-electron chi connectivity index (χ4n) is 8.52. The Balaban J connectivity index is 1.80. The van der Waals surface area contributed by atoms with Crippen LogP contribution in [0.2, 0.25) is 0 Å². The molecule has 0 unspecified atom stereocenters. The lowest BCUT2D eigenvalue weighted by Gasteiger charge is -2.62. The predicted octanol–water partition coefficient (Wildman–Crippen LogP) is 3.28. The lowest BCUT2D eigenvalue weighted by Crippen LogP contribution is -2.66. The molecule has 0 bridgehead atoms. The molecule has 8 atom stereocenters. The van der Waals surface area contributed by atoms with Gasteiger partial charge in [0, 0.05) is 34.7 Å². The lowest BCUT2D eigenvalue weighted by atomic mass is 9.41. The van der Waals surface area contributed by atoms with E-state index in [4.69, 9.17) is 4.74 Å². The van der Waals surface area contributed by atoms with Crippen molar-refractivity contribution in [3.8, 4) is 0 Å². The zero-order chi connectivity index (χ0) is 22.0. The van der Waals surface area contributed by atoms with E-state index in [0.717, 1.165) is 0 Å². The Morgan fingerprint density at radius 3 is 2.37 bits per heavy atom. The molecule has 0 aromatic rings. The number of ketones is 3. The van der Waals surface area contributed by atoms with Crippen LogP contribution in [0.25, 0.3) is 0 Å². The molecular weight excluding hydrogens is 380 g/mol. The van der Waals surface area contributed by atoms with E-state index < -0.39 is 33.9 Å². The molecule has 1 heterocycles. The Kier molecular flexibility index (Phi) is 3.92. The largest absolute Gasteiger partial charge is 0.389 e. The van der Waals surface area contributed by atoms with E-state index in [1.807, 2.05) is 27.7 Å². The van der Waals surface area contributed by atoms with Crippen LogP contribution in [0.1, 0.15) is 67.2 Å². The second-order valence-electron chi connectivity index (χ2n) is 11.9. The van der Waals surface area contributed by atoms with Crippen molar-refractivity contribution >= 4 is 17.3 Å². The van der Waals surface area contributed by atoms with E-state index in [9.17, 15) is 19.5 Å².